The second-order valence-corrected chi connectivity index (χ2v) is 3.38. The number of nitrogens with zero attached hydrogens (tertiary/aromatic N) is 3. The normalized spacial score (nSPS) is 10.3. The Morgan fingerprint density at radius 1 is 1.40 bits per heavy atom. The summed E-state index contributed by atoms with van der Waals surface area (Å²) in [5.74, 6) is 0.381. The fourth-order valence-corrected chi connectivity index (χ4v) is 1.43. The largest absolute Gasteiger partial charge is 0.331 e. The van der Waals surface area contributed by atoms with Gasteiger partial charge in [-0.2, -0.15) is 0 Å². The van der Waals surface area contributed by atoms with Crippen molar-refractivity contribution in [1.82, 2.24) is 14.5 Å². The maximum Gasteiger partial charge on any atom is 0.228 e. The molecule has 0 aliphatic heterocycles. The van der Waals surface area contributed by atoms with Crippen LogP contribution in [0.3, 0.4) is 0 Å². The molecule has 0 bridgehead atoms. The first-order chi connectivity index (χ1) is 7.20. The lowest BCUT2D eigenvalue weighted by molar-refractivity contribution is 0.102. The van der Waals surface area contributed by atoms with Crippen molar-refractivity contribution in [3.8, 4) is 0 Å². The molecule has 4 nitrogen and oxygen atoms in total. The minimum atomic E-state index is -0.0672. The minimum absolute atomic E-state index is 0.0672. The fraction of sp³-hybridized carbons (Fsp3) is 0.182. The van der Waals surface area contributed by atoms with E-state index in [-0.39, 0.29) is 5.78 Å². The van der Waals surface area contributed by atoms with E-state index in [4.69, 9.17) is 0 Å². The molecule has 76 valence electrons. The number of ketones is 1. The predicted molar refractivity (Wildman–Crippen MR) is 55.6 cm³/mol. The van der Waals surface area contributed by atoms with E-state index >= 15 is 0 Å². The molecule has 0 atom stereocenters. The maximum absolute atomic E-state index is 12.0. The van der Waals surface area contributed by atoms with Gasteiger partial charge in [0.2, 0.25) is 5.78 Å². The molecular formula is C11H11N3O. The zero-order chi connectivity index (χ0) is 10.8. The summed E-state index contributed by atoms with van der Waals surface area (Å²) in [6.07, 6.45) is 6.66. The Bertz CT molecular complexity index is 502. The number of carbonyl (C=O) groups is 1. The first-order valence-electron chi connectivity index (χ1n) is 4.63. The number of imidazole rings is 1. The van der Waals surface area contributed by atoms with Crippen molar-refractivity contribution in [1.29, 1.82) is 0 Å². The van der Waals surface area contributed by atoms with Crippen molar-refractivity contribution < 1.29 is 4.79 Å². The lowest BCUT2D eigenvalue weighted by Crippen LogP contribution is -2.10. The molecule has 0 radical (unpaired) electrons. The van der Waals surface area contributed by atoms with Gasteiger partial charge in [-0.3, -0.25) is 9.78 Å². The molecular weight excluding hydrogens is 190 g/mol. The molecule has 4 heteroatoms. The monoisotopic (exact) mass is 201 g/mol. The van der Waals surface area contributed by atoms with Gasteiger partial charge in [-0.1, -0.05) is 0 Å². The summed E-state index contributed by atoms with van der Waals surface area (Å²) in [4.78, 5) is 20.0. The van der Waals surface area contributed by atoms with Gasteiger partial charge in [0.05, 0.1) is 0 Å². The summed E-state index contributed by atoms with van der Waals surface area (Å²) in [5.41, 5.74) is 1.52. The first kappa shape index (κ1) is 9.58. The van der Waals surface area contributed by atoms with Gasteiger partial charge < -0.3 is 4.57 Å². The lowest BCUT2D eigenvalue weighted by atomic mass is 10.1. The van der Waals surface area contributed by atoms with Crippen LogP contribution in [-0.4, -0.2) is 20.3 Å². The Hall–Kier alpha value is -1.97. The van der Waals surface area contributed by atoms with Crippen molar-refractivity contribution in [2.45, 2.75) is 6.92 Å². The highest BCUT2D eigenvalue weighted by molar-refractivity contribution is 6.07. The van der Waals surface area contributed by atoms with E-state index in [1.807, 2.05) is 6.92 Å². The van der Waals surface area contributed by atoms with Crippen LogP contribution in [0, 0.1) is 6.92 Å². The van der Waals surface area contributed by atoms with Crippen molar-refractivity contribution in [2.75, 3.05) is 0 Å². The average Bonchev–Trinajstić information content (AvgIpc) is 2.64. The van der Waals surface area contributed by atoms with Gasteiger partial charge in [-0.05, 0) is 18.6 Å². The molecule has 0 aliphatic carbocycles. The number of hydrogen-bond donors (Lipinski definition) is 0. The predicted octanol–water partition coefficient (Wildman–Crippen LogP) is 1.35. The van der Waals surface area contributed by atoms with E-state index in [1.165, 1.54) is 0 Å². The summed E-state index contributed by atoms with van der Waals surface area (Å²) >= 11 is 0. The average molecular weight is 201 g/mol. The minimum Gasteiger partial charge on any atom is -0.331 e. The van der Waals surface area contributed by atoms with Crippen LogP contribution >= 0.6 is 0 Å². The molecule has 2 heterocycles. The smallest absolute Gasteiger partial charge is 0.228 e. The van der Waals surface area contributed by atoms with Crippen LogP contribution in [0.15, 0.2) is 30.9 Å². The Labute approximate surface area is 87.6 Å². The molecule has 15 heavy (non-hydrogen) atoms. The second kappa shape index (κ2) is 3.65. The Morgan fingerprint density at radius 3 is 2.80 bits per heavy atom. The summed E-state index contributed by atoms with van der Waals surface area (Å²) < 4.78 is 1.71. The van der Waals surface area contributed by atoms with Crippen LogP contribution in [0.5, 0.6) is 0 Å². The van der Waals surface area contributed by atoms with Crippen LogP contribution in [0.2, 0.25) is 0 Å². The van der Waals surface area contributed by atoms with E-state index in [1.54, 1.807) is 42.5 Å². The van der Waals surface area contributed by atoms with Crippen LogP contribution in [0.25, 0.3) is 0 Å². The Balaban J connectivity index is 2.46. The van der Waals surface area contributed by atoms with E-state index in [2.05, 4.69) is 9.97 Å². The van der Waals surface area contributed by atoms with Crippen molar-refractivity contribution in [2.24, 2.45) is 7.05 Å². The first-order valence-corrected chi connectivity index (χ1v) is 4.63. The molecule has 0 saturated heterocycles. The zero-order valence-corrected chi connectivity index (χ0v) is 8.64. The molecule has 0 aliphatic rings. The molecule has 0 unspecified atom stereocenters. The molecule has 0 amide bonds. The van der Waals surface area contributed by atoms with E-state index in [0.717, 1.165) is 5.56 Å². The number of aryl methyl sites for hydroxylation is 2. The molecule has 2 rings (SSSR count). The maximum atomic E-state index is 12.0. The van der Waals surface area contributed by atoms with Crippen LogP contribution < -0.4 is 0 Å². The number of aromatic nitrogens is 3. The third-order valence-corrected chi connectivity index (χ3v) is 2.29. The van der Waals surface area contributed by atoms with Gasteiger partial charge in [0.1, 0.15) is 0 Å². The number of hydrogen-bond acceptors (Lipinski definition) is 3. The van der Waals surface area contributed by atoms with Crippen molar-refractivity contribution in [3.05, 3.63) is 47.8 Å². The standard InChI is InChI=1S/C11H11N3O/c1-8-7-12-4-3-9(8)10(15)11-13-5-6-14(11)2/h3-7H,1-2H3. The summed E-state index contributed by atoms with van der Waals surface area (Å²) in [6, 6.07) is 1.71. The van der Waals surface area contributed by atoms with E-state index in [0.29, 0.717) is 11.4 Å². The van der Waals surface area contributed by atoms with Crippen LogP contribution in [0.4, 0.5) is 0 Å². The quantitative estimate of drug-likeness (QED) is 0.689. The van der Waals surface area contributed by atoms with Gasteiger partial charge in [-0.25, -0.2) is 4.98 Å². The van der Waals surface area contributed by atoms with Gasteiger partial charge in [-0.15, -0.1) is 0 Å². The topological polar surface area (TPSA) is 47.8 Å². The summed E-state index contributed by atoms with van der Waals surface area (Å²) in [7, 11) is 1.80. The number of pyridine rings is 1. The SMILES string of the molecule is Cc1cnccc1C(=O)c1nccn1C. The van der Waals surface area contributed by atoms with Crippen molar-refractivity contribution >= 4 is 5.78 Å². The molecule has 0 N–H and O–H groups in total. The summed E-state index contributed by atoms with van der Waals surface area (Å²) in [6.45, 7) is 1.86. The Morgan fingerprint density at radius 2 is 2.20 bits per heavy atom. The van der Waals surface area contributed by atoms with Gasteiger partial charge in [0, 0.05) is 37.4 Å². The van der Waals surface area contributed by atoms with E-state index in [9.17, 15) is 4.79 Å². The zero-order valence-electron chi connectivity index (χ0n) is 8.64. The second-order valence-electron chi connectivity index (χ2n) is 3.38. The van der Waals surface area contributed by atoms with Gasteiger partial charge in [0.15, 0.2) is 5.82 Å². The highest BCUT2D eigenvalue weighted by Gasteiger charge is 2.15. The van der Waals surface area contributed by atoms with Crippen LogP contribution in [0.1, 0.15) is 21.7 Å². The van der Waals surface area contributed by atoms with Crippen molar-refractivity contribution in [3.63, 3.8) is 0 Å². The molecule has 0 spiro atoms. The third kappa shape index (κ3) is 1.66. The highest BCUT2D eigenvalue weighted by Crippen LogP contribution is 2.10. The number of rotatable bonds is 2. The molecule has 0 fully saturated rings. The number of carbonyl (C=O) groups excluding carboxylic acids is 1. The van der Waals surface area contributed by atoms with Gasteiger partial charge in [0.25, 0.3) is 0 Å². The fourth-order valence-electron chi connectivity index (χ4n) is 1.43. The van der Waals surface area contributed by atoms with Crippen LogP contribution in [-0.2, 0) is 7.05 Å². The summed E-state index contributed by atoms with van der Waals surface area (Å²) in [5, 5.41) is 0. The molecule has 2 aromatic rings. The third-order valence-electron chi connectivity index (χ3n) is 2.29. The van der Waals surface area contributed by atoms with Gasteiger partial charge >= 0.3 is 0 Å². The lowest BCUT2D eigenvalue weighted by Gasteiger charge is -2.03. The molecule has 2 aromatic heterocycles. The highest BCUT2D eigenvalue weighted by atomic mass is 16.1. The molecule has 0 saturated carbocycles. The van der Waals surface area contributed by atoms with E-state index < -0.39 is 0 Å². The Kier molecular flexibility index (Phi) is 2.33. The molecule has 0 aromatic carbocycles.